The molecule has 0 aromatic heterocycles. The normalized spacial score (nSPS) is 18.6. The Bertz CT molecular complexity index is 405. The highest BCUT2D eigenvalue weighted by Gasteiger charge is 2.25. The number of anilines is 1. The van der Waals surface area contributed by atoms with E-state index in [1.54, 1.807) is 0 Å². The second-order valence-electron chi connectivity index (χ2n) is 5.49. The number of hydrogen-bond acceptors (Lipinski definition) is 2. The largest absolute Gasteiger partial charge is 0.372 e. The molecule has 104 valence electrons. The molecule has 1 fully saturated rings. The predicted octanol–water partition coefficient (Wildman–Crippen LogP) is 3.78. The molecule has 2 rings (SSSR count). The van der Waals surface area contributed by atoms with E-state index in [-0.39, 0.29) is 0 Å². The van der Waals surface area contributed by atoms with Crippen LogP contribution >= 0.6 is 15.9 Å². The zero-order valence-electron chi connectivity index (χ0n) is 11.8. The first kappa shape index (κ1) is 14.6. The van der Waals surface area contributed by atoms with E-state index in [2.05, 4.69) is 76.7 Å². The molecule has 1 aliphatic rings. The molecule has 0 aliphatic carbocycles. The molecule has 1 aliphatic heterocycles. The summed E-state index contributed by atoms with van der Waals surface area (Å²) in [4.78, 5) is 4.77. The fraction of sp³-hybridized carbons (Fsp3) is 0.500. The summed E-state index contributed by atoms with van der Waals surface area (Å²) >= 11 is 3.49. The van der Waals surface area contributed by atoms with Gasteiger partial charge in [0.1, 0.15) is 0 Å². The van der Waals surface area contributed by atoms with E-state index in [1.807, 2.05) is 0 Å². The van der Waals surface area contributed by atoms with Gasteiger partial charge in [0, 0.05) is 29.3 Å². The lowest BCUT2D eigenvalue weighted by Gasteiger charge is -2.38. The maximum Gasteiger partial charge on any atom is 0.0366 e. The van der Waals surface area contributed by atoms with E-state index in [1.165, 1.54) is 18.5 Å². The Morgan fingerprint density at radius 1 is 1.26 bits per heavy atom. The van der Waals surface area contributed by atoms with Gasteiger partial charge in [0.25, 0.3) is 0 Å². The minimum absolute atomic E-state index is 0.507. The van der Waals surface area contributed by atoms with Crippen molar-refractivity contribution in [3.05, 3.63) is 41.4 Å². The van der Waals surface area contributed by atoms with Crippen LogP contribution in [0.1, 0.15) is 12.8 Å². The van der Waals surface area contributed by atoms with Gasteiger partial charge in [-0.2, -0.15) is 0 Å². The van der Waals surface area contributed by atoms with Gasteiger partial charge in [-0.3, -0.25) is 0 Å². The summed E-state index contributed by atoms with van der Waals surface area (Å²) in [5.74, 6) is 0.735. The van der Waals surface area contributed by atoms with Crippen molar-refractivity contribution in [2.24, 2.45) is 5.92 Å². The minimum Gasteiger partial charge on any atom is -0.372 e. The first-order valence-electron chi connectivity index (χ1n) is 6.91. The molecule has 1 aromatic rings. The highest BCUT2D eigenvalue weighted by atomic mass is 79.9. The van der Waals surface area contributed by atoms with Crippen LogP contribution in [0, 0.1) is 5.92 Å². The van der Waals surface area contributed by atoms with Crippen LogP contribution < -0.4 is 4.90 Å². The second kappa shape index (κ2) is 6.58. The number of halogens is 1. The minimum atomic E-state index is 0.507. The van der Waals surface area contributed by atoms with E-state index in [9.17, 15) is 0 Å². The van der Waals surface area contributed by atoms with Gasteiger partial charge in [-0.25, -0.2) is 0 Å². The van der Waals surface area contributed by atoms with E-state index in [4.69, 9.17) is 0 Å². The standard InChI is InChI=1S/C16H23BrN2/c1-4-16(18(2)3)13-9-11-19(12-10-13)15-7-5-14(17)6-8-15/h4-8,13,16H,1,9-12H2,2-3H3. The lowest BCUT2D eigenvalue weighted by atomic mass is 9.88. The first-order chi connectivity index (χ1) is 9.11. The van der Waals surface area contributed by atoms with E-state index in [0.29, 0.717) is 6.04 Å². The Balaban J connectivity index is 1.95. The highest BCUT2D eigenvalue weighted by Crippen LogP contribution is 2.27. The molecule has 1 heterocycles. The van der Waals surface area contributed by atoms with Crippen LogP contribution in [0.4, 0.5) is 5.69 Å². The Labute approximate surface area is 125 Å². The van der Waals surface area contributed by atoms with Gasteiger partial charge in [-0.05, 0) is 57.1 Å². The summed E-state index contributed by atoms with van der Waals surface area (Å²) in [6.45, 7) is 6.27. The van der Waals surface area contributed by atoms with Gasteiger partial charge in [0.2, 0.25) is 0 Å². The van der Waals surface area contributed by atoms with Gasteiger partial charge in [0.15, 0.2) is 0 Å². The molecule has 0 amide bonds. The lowest BCUT2D eigenvalue weighted by molar-refractivity contribution is 0.223. The Morgan fingerprint density at radius 3 is 2.32 bits per heavy atom. The van der Waals surface area contributed by atoms with Crippen LogP contribution in [0.3, 0.4) is 0 Å². The summed E-state index contributed by atoms with van der Waals surface area (Å²) in [6.07, 6.45) is 4.58. The fourth-order valence-corrected chi connectivity index (χ4v) is 3.24. The molecule has 3 heteroatoms. The average molecular weight is 323 g/mol. The topological polar surface area (TPSA) is 6.48 Å². The van der Waals surface area contributed by atoms with Crippen molar-refractivity contribution >= 4 is 21.6 Å². The van der Waals surface area contributed by atoms with Gasteiger partial charge in [0.05, 0.1) is 0 Å². The molecule has 0 N–H and O–H groups in total. The third-order valence-corrected chi connectivity index (χ3v) is 4.58. The van der Waals surface area contributed by atoms with Crippen molar-refractivity contribution in [3.63, 3.8) is 0 Å². The summed E-state index contributed by atoms with van der Waals surface area (Å²) in [6, 6.07) is 9.14. The summed E-state index contributed by atoms with van der Waals surface area (Å²) in [7, 11) is 4.29. The van der Waals surface area contributed by atoms with Crippen molar-refractivity contribution < 1.29 is 0 Å². The third kappa shape index (κ3) is 3.61. The maximum absolute atomic E-state index is 3.98. The van der Waals surface area contributed by atoms with Crippen molar-refractivity contribution in [2.75, 3.05) is 32.1 Å². The fourth-order valence-electron chi connectivity index (χ4n) is 2.98. The molecule has 1 aromatic carbocycles. The van der Waals surface area contributed by atoms with Crippen LogP contribution in [0.15, 0.2) is 41.4 Å². The second-order valence-corrected chi connectivity index (χ2v) is 6.41. The summed E-state index contributed by atoms with van der Waals surface area (Å²) < 4.78 is 1.14. The van der Waals surface area contributed by atoms with Crippen LogP contribution in [-0.2, 0) is 0 Å². The molecular formula is C16H23BrN2. The van der Waals surface area contributed by atoms with E-state index >= 15 is 0 Å². The molecule has 1 atom stereocenters. The van der Waals surface area contributed by atoms with Crippen LogP contribution in [-0.4, -0.2) is 38.1 Å². The Morgan fingerprint density at radius 2 is 1.84 bits per heavy atom. The Hall–Kier alpha value is -0.800. The quantitative estimate of drug-likeness (QED) is 0.778. The maximum atomic E-state index is 3.98. The first-order valence-corrected chi connectivity index (χ1v) is 7.70. The number of hydrogen-bond donors (Lipinski definition) is 0. The van der Waals surface area contributed by atoms with Gasteiger partial charge >= 0.3 is 0 Å². The molecule has 0 saturated carbocycles. The molecule has 1 saturated heterocycles. The van der Waals surface area contributed by atoms with Crippen molar-refractivity contribution in [1.82, 2.24) is 4.90 Å². The molecule has 0 bridgehead atoms. The van der Waals surface area contributed by atoms with Crippen molar-refractivity contribution in [2.45, 2.75) is 18.9 Å². The zero-order chi connectivity index (χ0) is 13.8. The molecule has 0 radical (unpaired) electrons. The summed E-state index contributed by atoms with van der Waals surface area (Å²) in [5.41, 5.74) is 1.33. The number of benzene rings is 1. The molecule has 2 nitrogen and oxygen atoms in total. The zero-order valence-corrected chi connectivity index (χ0v) is 13.4. The highest BCUT2D eigenvalue weighted by molar-refractivity contribution is 9.10. The van der Waals surface area contributed by atoms with Crippen LogP contribution in [0.2, 0.25) is 0 Å². The molecular weight excluding hydrogens is 300 g/mol. The van der Waals surface area contributed by atoms with Crippen molar-refractivity contribution in [1.29, 1.82) is 0 Å². The number of likely N-dealkylation sites (N-methyl/N-ethyl adjacent to an activating group) is 1. The Kier molecular flexibility index (Phi) is 5.06. The van der Waals surface area contributed by atoms with Crippen LogP contribution in [0.5, 0.6) is 0 Å². The summed E-state index contributed by atoms with van der Waals surface area (Å²) in [5, 5.41) is 0. The lowest BCUT2D eigenvalue weighted by Crippen LogP contribution is -2.42. The third-order valence-electron chi connectivity index (χ3n) is 4.05. The van der Waals surface area contributed by atoms with Crippen LogP contribution in [0.25, 0.3) is 0 Å². The average Bonchev–Trinajstić information content (AvgIpc) is 2.41. The van der Waals surface area contributed by atoms with Gasteiger partial charge in [-0.1, -0.05) is 22.0 Å². The number of nitrogens with zero attached hydrogens (tertiary/aromatic N) is 2. The van der Waals surface area contributed by atoms with Gasteiger partial charge < -0.3 is 9.80 Å². The molecule has 0 spiro atoms. The van der Waals surface area contributed by atoms with Crippen molar-refractivity contribution in [3.8, 4) is 0 Å². The van der Waals surface area contributed by atoms with E-state index < -0.39 is 0 Å². The molecule has 19 heavy (non-hydrogen) atoms. The number of rotatable bonds is 4. The van der Waals surface area contributed by atoms with E-state index in [0.717, 1.165) is 23.5 Å². The molecule has 1 unspecified atom stereocenters. The smallest absolute Gasteiger partial charge is 0.0366 e. The number of piperidine rings is 1. The predicted molar refractivity (Wildman–Crippen MR) is 86.8 cm³/mol. The monoisotopic (exact) mass is 322 g/mol. The SMILES string of the molecule is C=CC(C1CCN(c2ccc(Br)cc2)CC1)N(C)C. The van der Waals surface area contributed by atoms with Gasteiger partial charge in [-0.15, -0.1) is 6.58 Å².